The van der Waals surface area contributed by atoms with Crippen molar-refractivity contribution in [3.63, 3.8) is 0 Å². The third-order valence-corrected chi connectivity index (χ3v) is 4.68. The zero-order chi connectivity index (χ0) is 14.5. The second-order valence-electron chi connectivity index (χ2n) is 4.67. The van der Waals surface area contributed by atoms with Crippen molar-refractivity contribution in [3.05, 3.63) is 64.4 Å². The van der Waals surface area contributed by atoms with Gasteiger partial charge in [0.2, 0.25) is 0 Å². The third kappa shape index (κ3) is 4.23. The zero-order valence-electron chi connectivity index (χ0n) is 11.1. The summed E-state index contributed by atoms with van der Waals surface area (Å²) in [6.07, 6.45) is -0.200. The molecule has 0 aliphatic rings. The smallest absolute Gasteiger partial charge is 0.123 e. The molecule has 0 aromatic heterocycles. The minimum Gasteiger partial charge on any atom is -0.392 e. The van der Waals surface area contributed by atoms with Gasteiger partial charge in [-0.05, 0) is 42.3 Å². The topological polar surface area (TPSA) is 20.2 Å². The number of hydrogen-bond donors (Lipinski definition) is 1. The van der Waals surface area contributed by atoms with Gasteiger partial charge >= 0.3 is 0 Å². The Labute approximate surface area is 127 Å². The van der Waals surface area contributed by atoms with Crippen LogP contribution in [0.5, 0.6) is 0 Å². The Morgan fingerprint density at radius 1 is 1.25 bits per heavy atom. The van der Waals surface area contributed by atoms with Crippen LogP contribution in [-0.4, -0.2) is 17.0 Å². The third-order valence-electron chi connectivity index (χ3n) is 2.99. The van der Waals surface area contributed by atoms with Crippen molar-refractivity contribution in [3.8, 4) is 0 Å². The standard InChI is InChI=1S/C16H16ClFOS/c1-11-4-2-3-5-16(11)20-10-14(19)9-12-8-13(18)6-7-15(12)17/h2-8,14,19H,9-10H2,1H3. The van der Waals surface area contributed by atoms with E-state index in [4.69, 9.17) is 11.6 Å². The van der Waals surface area contributed by atoms with E-state index in [2.05, 4.69) is 0 Å². The van der Waals surface area contributed by atoms with Gasteiger partial charge < -0.3 is 5.11 Å². The van der Waals surface area contributed by atoms with Gasteiger partial charge in [0.15, 0.2) is 0 Å². The molecule has 0 bridgehead atoms. The van der Waals surface area contributed by atoms with E-state index in [0.717, 1.165) is 4.90 Å². The molecule has 0 aliphatic heterocycles. The fraction of sp³-hybridized carbons (Fsp3) is 0.250. The van der Waals surface area contributed by atoms with E-state index in [0.29, 0.717) is 22.8 Å². The molecule has 0 saturated heterocycles. The fourth-order valence-corrected chi connectivity index (χ4v) is 3.07. The van der Waals surface area contributed by atoms with E-state index in [9.17, 15) is 9.50 Å². The van der Waals surface area contributed by atoms with Crippen molar-refractivity contribution >= 4 is 23.4 Å². The maximum Gasteiger partial charge on any atom is 0.123 e. The highest BCUT2D eigenvalue weighted by molar-refractivity contribution is 7.99. The Hall–Kier alpha value is -1.03. The van der Waals surface area contributed by atoms with Crippen molar-refractivity contribution in [2.24, 2.45) is 0 Å². The summed E-state index contributed by atoms with van der Waals surface area (Å²) < 4.78 is 13.2. The summed E-state index contributed by atoms with van der Waals surface area (Å²) in [7, 11) is 0. The Morgan fingerprint density at radius 2 is 2.00 bits per heavy atom. The first kappa shape index (κ1) is 15.4. The van der Waals surface area contributed by atoms with Crippen molar-refractivity contribution < 1.29 is 9.50 Å². The van der Waals surface area contributed by atoms with Crippen LogP contribution in [0.15, 0.2) is 47.4 Å². The number of rotatable bonds is 5. The lowest BCUT2D eigenvalue weighted by molar-refractivity contribution is 0.200. The Kier molecular flexibility index (Phi) is 5.46. The van der Waals surface area contributed by atoms with Gasteiger partial charge in [0.1, 0.15) is 5.82 Å². The van der Waals surface area contributed by atoms with Crippen LogP contribution in [0.3, 0.4) is 0 Å². The van der Waals surface area contributed by atoms with Gasteiger partial charge in [0.25, 0.3) is 0 Å². The molecule has 2 aromatic rings. The first-order chi connectivity index (χ1) is 9.56. The SMILES string of the molecule is Cc1ccccc1SCC(O)Cc1cc(F)ccc1Cl. The number of aryl methyl sites for hydroxylation is 1. The molecule has 1 N–H and O–H groups in total. The van der Waals surface area contributed by atoms with Gasteiger partial charge in [-0.25, -0.2) is 4.39 Å². The Morgan fingerprint density at radius 3 is 2.75 bits per heavy atom. The van der Waals surface area contributed by atoms with Gasteiger partial charge in [-0.3, -0.25) is 0 Å². The molecule has 0 spiro atoms. The summed E-state index contributed by atoms with van der Waals surface area (Å²) in [5, 5.41) is 10.6. The van der Waals surface area contributed by atoms with Crippen molar-refractivity contribution in [2.45, 2.75) is 24.3 Å². The van der Waals surface area contributed by atoms with Crippen LogP contribution in [0.1, 0.15) is 11.1 Å². The average molecular weight is 311 g/mol. The van der Waals surface area contributed by atoms with Gasteiger partial charge in [-0.15, -0.1) is 11.8 Å². The molecule has 0 amide bonds. The van der Waals surface area contributed by atoms with Gasteiger partial charge in [-0.2, -0.15) is 0 Å². The summed E-state index contributed by atoms with van der Waals surface area (Å²) in [5.74, 6) is 0.223. The molecule has 0 saturated carbocycles. The maximum atomic E-state index is 13.2. The van der Waals surface area contributed by atoms with Crippen LogP contribution in [0.2, 0.25) is 5.02 Å². The molecule has 0 radical (unpaired) electrons. The van der Waals surface area contributed by atoms with E-state index >= 15 is 0 Å². The summed E-state index contributed by atoms with van der Waals surface area (Å²) in [6.45, 7) is 2.04. The lowest BCUT2D eigenvalue weighted by Gasteiger charge is -2.12. The number of hydrogen-bond acceptors (Lipinski definition) is 2. The molecule has 2 rings (SSSR count). The minimum absolute atomic E-state index is 0.330. The van der Waals surface area contributed by atoms with Gasteiger partial charge in [0.05, 0.1) is 6.10 Å². The van der Waals surface area contributed by atoms with Crippen LogP contribution in [0.25, 0.3) is 0 Å². The second-order valence-corrected chi connectivity index (χ2v) is 6.14. The van der Waals surface area contributed by atoms with Crippen molar-refractivity contribution in [2.75, 3.05) is 5.75 Å². The molecule has 4 heteroatoms. The molecule has 20 heavy (non-hydrogen) atoms. The van der Waals surface area contributed by atoms with Crippen LogP contribution in [0.4, 0.5) is 4.39 Å². The lowest BCUT2D eigenvalue weighted by Crippen LogP contribution is -2.14. The number of benzene rings is 2. The normalized spacial score (nSPS) is 12.4. The molecule has 1 nitrogen and oxygen atoms in total. The summed E-state index contributed by atoms with van der Waals surface area (Å²) in [5.41, 5.74) is 1.83. The number of aliphatic hydroxyl groups excluding tert-OH is 1. The summed E-state index contributed by atoms with van der Waals surface area (Å²) >= 11 is 7.60. The van der Waals surface area contributed by atoms with E-state index in [-0.39, 0.29) is 5.82 Å². The molecular weight excluding hydrogens is 295 g/mol. The van der Waals surface area contributed by atoms with E-state index < -0.39 is 6.10 Å². The summed E-state index contributed by atoms with van der Waals surface area (Å²) in [4.78, 5) is 1.15. The van der Waals surface area contributed by atoms with E-state index in [1.807, 2.05) is 31.2 Å². The predicted molar refractivity (Wildman–Crippen MR) is 83.0 cm³/mol. The van der Waals surface area contributed by atoms with Crippen molar-refractivity contribution in [1.29, 1.82) is 0 Å². The first-order valence-corrected chi connectivity index (χ1v) is 7.73. The molecule has 0 fully saturated rings. The Balaban J connectivity index is 1.94. The summed E-state index contributed by atoms with van der Waals surface area (Å²) in [6, 6.07) is 12.3. The molecular formula is C16H16ClFOS. The molecule has 1 atom stereocenters. The van der Waals surface area contributed by atoms with Gasteiger partial charge in [0, 0.05) is 22.1 Å². The average Bonchev–Trinajstić information content (AvgIpc) is 2.42. The Bertz CT molecular complexity index is 588. The van der Waals surface area contributed by atoms with E-state index in [1.54, 1.807) is 11.8 Å². The highest BCUT2D eigenvalue weighted by atomic mass is 35.5. The van der Waals surface area contributed by atoms with Crippen LogP contribution >= 0.6 is 23.4 Å². The monoisotopic (exact) mass is 310 g/mol. The largest absolute Gasteiger partial charge is 0.392 e. The number of thioether (sulfide) groups is 1. The second kappa shape index (κ2) is 7.11. The highest BCUT2D eigenvalue weighted by Crippen LogP contribution is 2.24. The number of halogens is 2. The minimum atomic E-state index is -0.557. The first-order valence-electron chi connectivity index (χ1n) is 6.36. The predicted octanol–water partition coefficient (Wildman–Crippen LogP) is 4.48. The van der Waals surface area contributed by atoms with Crippen LogP contribution in [-0.2, 0) is 6.42 Å². The number of aliphatic hydroxyl groups is 1. The van der Waals surface area contributed by atoms with Crippen LogP contribution < -0.4 is 0 Å². The molecule has 106 valence electrons. The molecule has 0 heterocycles. The molecule has 1 unspecified atom stereocenters. The molecule has 0 aliphatic carbocycles. The van der Waals surface area contributed by atoms with Crippen molar-refractivity contribution in [1.82, 2.24) is 0 Å². The quantitative estimate of drug-likeness (QED) is 0.822. The van der Waals surface area contributed by atoms with E-state index in [1.165, 1.54) is 23.8 Å². The highest BCUT2D eigenvalue weighted by Gasteiger charge is 2.11. The van der Waals surface area contributed by atoms with Crippen LogP contribution in [0, 0.1) is 12.7 Å². The van der Waals surface area contributed by atoms with Gasteiger partial charge in [-0.1, -0.05) is 29.8 Å². The zero-order valence-corrected chi connectivity index (χ0v) is 12.7. The fourth-order valence-electron chi connectivity index (χ4n) is 1.92. The maximum absolute atomic E-state index is 13.2. The molecule has 2 aromatic carbocycles. The lowest BCUT2D eigenvalue weighted by atomic mass is 10.1.